The van der Waals surface area contributed by atoms with Crippen molar-refractivity contribution < 1.29 is 23.0 Å². The number of nitriles is 1. The Morgan fingerprint density at radius 1 is 1.13 bits per heavy atom. The van der Waals surface area contributed by atoms with Crippen molar-refractivity contribution in [3.63, 3.8) is 0 Å². The van der Waals surface area contributed by atoms with Crippen LogP contribution in [0.5, 0.6) is 0 Å². The molecule has 0 aliphatic carbocycles. The molecule has 0 spiro atoms. The molecule has 256 valence electrons. The van der Waals surface area contributed by atoms with Gasteiger partial charge in [-0.25, -0.2) is 19.6 Å². The summed E-state index contributed by atoms with van der Waals surface area (Å²) >= 11 is 0. The molecule has 1 aliphatic heterocycles. The highest BCUT2D eigenvalue weighted by molar-refractivity contribution is 7.44. The Morgan fingerprint density at radius 2 is 1.81 bits per heavy atom. The number of hydrogen-bond acceptors (Lipinski definition) is 10. The fraction of sp³-hybridized carbons (Fsp3) is 0.606. The molecule has 1 aliphatic rings. The number of carbonyl (C=O) groups excluding carboxylic acids is 1. The van der Waals surface area contributed by atoms with Gasteiger partial charge < -0.3 is 23.5 Å². The van der Waals surface area contributed by atoms with Gasteiger partial charge in [-0.1, -0.05) is 45.9 Å². The van der Waals surface area contributed by atoms with E-state index in [-0.39, 0.29) is 54.2 Å². The second-order valence-electron chi connectivity index (χ2n) is 14.0. The number of hydrogen-bond donors (Lipinski definition) is 1. The van der Waals surface area contributed by atoms with Gasteiger partial charge in [0, 0.05) is 23.6 Å². The molecule has 3 aromatic rings. The third kappa shape index (κ3) is 8.62. The van der Waals surface area contributed by atoms with Gasteiger partial charge in [0.25, 0.3) is 14.4 Å². The standard InChI is InChI=1S/C33H50N7O5PSi/c1-22(2)40(23(3)4)46(42-18-14-17-34)43-19-26-24(5)28(45-47(9,10)33(6,7)8)32(44-26)39-21-37-27-29(35-20-36-30(27)39)38-31(41)25-15-12-11-13-16-25/h11-13,15-16,20-24,26,28,32H,14,18-19H2,1-10H3,(H,35,36,38,41)/t24-,26?,28-,32?,46?/m0/s1. The average Bonchev–Trinajstić information content (AvgIpc) is 3.56. The smallest absolute Gasteiger partial charge is 0.259 e. The molecule has 1 aromatic carbocycles. The van der Waals surface area contributed by atoms with Gasteiger partial charge >= 0.3 is 0 Å². The molecule has 1 saturated heterocycles. The summed E-state index contributed by atoms with van der Waals surface area (Å²) in [7, 11) is -3.69. The van der Waals surface area contributed by atoms with Crippen LogP contribution in [0.15, 0.2) is 43.0 Å². The zero-order valence-electron chi connectivity index (χ0n) is 29.3. The molecule has 14 heteroatoms. The summed E-state index contributed by atoms with van der Waals surface area (Å²) in [4.78, 5) is 26.5. The van der Waals surface area contributed by atoms with Crippen molar-refractivity contribution in [2.75, 3.05) is 18.5 Å². The number of fused-ring (bicyclic) bond motifs is 1. The lowest BCUT2D eigenvalue weighted by molar-refractivity contribution is -0.0450. The van der Waals surface area contributed by atoms with E-state index in [1.807, 2.05) is 22.8 Å². The summed E-state index contributed by atoms with van der Waals surface area (Å²) < 4.78 is 30.6. The van der Waals surface area contributed by atoms with Gasteiger partial charge in [-0.2, -0.15) is 5.26 Å². The number of benzene rings is 1. The summed E-state index contributed by atoms with van der Waals surface area (Å²) in [5.74, 6) is -0.0150. The van der Waals surface area contributed by atoms with Crippen LogP contribution in [0.4, 0.5) is 5.82 Å². The first-order valence-electron chi connectivity index (χ1n) is 16.2. The number of nitrogens with one attached hydrogen (secondary N) is 1. The Balaban J connectivity index is 1.65. The van der Waals surface area contributed by atoms with Crippen molar-refractivity contribution in [3.8, 4) is 6.07 Å². The SMILES string of the molecule is CC(C)N(C(C)C)P(OCCC#N)OCC1OC(n2cnc3c(NC(=O)c4ccccc4)ncnc32)[C@@H](O[Si](C)(C)C(C)(C)C)[C@H]1C. The Morgan fingerprint density at radius 3 is 2.43 bits per heavy atom. The molecule has 1 amide bonds. The lowest BCUT2D eigenvalue weighted by Crippen LogP contribution is -2.46. The highest BCUT2D eigenvalue weighted by Gasteiger charge is 2.50. The number of nitrogens with zero attached hydrogens (tertiary/aromatic N) is 6. The number of amides is 1. The Hall–Kier alpha value is -2.82. The highest BCUT2D eigenvalue weighted by Crippen LogP contribution is 2.49. The molecule has 3 unspecified atom stereocenters. The van der Waals surface area contributed by atoms with Gasteiger partial charge in [0.2, 0.25) is 0 Å². The van der Waals surface area contributed by atoms with Crippen LogP contribution in [-0.4, -0.2) is 75.9 Å². The third-order valence-corrected chi connectivity index (χ3v) is 15.4. The van der Waals surface area contributed by atoms with Gasteiger partial charge in [0.15, 0.2) is 31.5 Å². The summed E-state index contributed by atoms with van der Waals surface area (Å²) in [5, 5.41) is 12.0. The minimum atomic E-state index is -2.25. The van der Waals surface area contributed by atoms with Crippen LogP contribution in [-0.2, 0) is 18.2 Å². The molecular formula is C33H50N7O5PSi. The largest absolute Gasteiger partial charge is 0.409 e. The van der Waals surface area contributed by atoms with Gasteiger partial charge in [-0.15, -0.1) is 0 Å². The number of ether oxygens (including phenoxy) is 1. The first kappa shape index (κ1) is 37.0. The normalized spacial score (nSPS) is 21.1. The maximum atomic E-state index is 13.0. The van der Waals surface area contributed by atoms with Crippen LogP contribution >= 0.6 is 8.53 Å². The summed E-state index contributed by atoms with van der Waals surface area (Å²) in [5.41, 5.74) is 1.50. The van der Waals surface area contributed by atoms with E-state index in [1.54, 1.807) is 18.5 Å². The predicted molar refractivity (Wildman–Crippen MR) is 186 cm³/mol. The van der Waals surface area contributed by atoms with Crippen molar-refractivity contribution in [2.24, 2.45) is 5.92 Å². The van der Waals surface area contributed by atoms with E-state index in [2.05, 4.69) is 99.5 Å². The number of aromatic nitrogens is 4. The van der Waals surface area contributed by atoms with E-state index in [0.29, 0.717) is 29.2 Å². The van der Waals surface area contributed by atoms with Crippen LogP contribution in [0.2, 0.25) is 18.1 Å². The second-order valence-corrected chi connectivity index (χ2v) is 20.2. The Bertz CT molecular complexity index is 1520. The Kier molecular flexibility index (Phi) is 12.3. The van der Waals surface area contributed by atoms with E-state index in [4.69, 9.17) is 23.5 Å². The molecule has 0 radical (unpaired) electrons. The Labute approximate surface area is 281 Å². The molecule has 0 bridgehead atoms. The van der Waals surface area contributed by atoms with Crippen molar-refractivity contribution in [3.05, 3.63) is 48.5 Å². The first-order valence-corrected chi connectivity index (χ1v) is 20.3. The molecule has 1 N–H and O–H groups in total. The van der Waals surface area contributed by atoms with Crippen molar-refractivity contribution in [1.29, 1.82) is 5.26 Å². The molecule has 1 fully saturated rings. The van der Waals surface area contributed by atoms with E-state index in [0.717, 1.165) is 0 Å². The summed E-state index contributed by atoms with van der Waals surface area (Å²) in [6.07, 6.45) is 2.19. The molecule has 5 atom stereocenters. The van der Waals surface area contributed by atoms with Crippen molar-refractivity contribution >= 4 is 39.7 Å². The van der Waals surface area contributed by atoms with Crippen molar-refractivity contribution in [1.82, 2.24) is 24.2 Å². The minimum absolute atomic E-state index is 0.0299. The molecule has 12 nitrogen and oxygen atoms in total. The van der Waals surface area contributed by atoms with Gasteiger partial charge in [0.1, 0.15) is 6.33 Å². The topological polar surface area (TPSA) is 137 Å². The molecule has 4 rings (SSSR count). The summed E-state index contributed by atoms with van der Waals surface area (Å²) in [6.45, 7) is 22.3. The van der Waals surface area contributed by atoms with Gasteiger partial charge in [-0.05, 0) is 58.0 Å². The molecular weight excluding hydrogens is 633 g/mol. The predicted octanol–water partition coefficient (Wildman–Crippen LogP) is 7.30. The van der Waals surface area contributed by atoms with Crippen LogP contribution in [0.25, 0.3) is 11.2 Å². The van der Waals surface area contributed by atoms with E-state index < -0.39 is 23.1 Å². The average molecular weight is 684 g/mol. The monoisotopic (exact) mass is 683 g/mol. The van der Waals surface area contributed by atoms with Crippen molar-refractivity contribution in [2.45, 2.75) is 110 Å². The zero-order valence-corrected chi connectivity index (χ0v) is 31.2. The van der Waals surface area contributed by atoms with Gasteiger partial charge in [0.05, 0.1) is 44.2 Å². The van der Waals surface area contributed by atoms with Crippen LogP contribution in [0.3, 0.4) is 0 Å². The quantitative estimate of drug-likeness (QED) is 0.105. The fourth-order valence-electron chi connectivity index (χ4n) is 5.30. The lowest BCUT2D eigenvalue weighted by Gasteiger charge is -2.40. The number of carbonyl (C=O) groups is 1. The maximum absolute atomic E-state index is 13.0. The van der Waals surface area contributed by atoms with E-state index in [1.165, 1.54) is 6.33 Å². The molecule has 3 heterocycles. The fourth-order valence-corrected chi connectivity index (χ4v) is 8.28. The first-order chi connectivity index (χ1) is 22.2. The van der Waals surface area contributed by atoms with E-state index in [9.17, 15) is 4.79 Å². The van der Waals surface area contributed by atoms with Crippen LogP contribution in [0, 0.1) is 17.2 Å². The second kappa shape index (κ2) is 15.6. The minimum Gasteiger partial charge on any atom is -0.409 e. The molecule has 47 heavy (non-hydrogen) atoms. The van der Waals surface area contributed by atoms with Gasteiger partial charge in [-0.3, -0.25) is 9.36 Å². The zero-order chi connectivity index (χ0) is 34.5. The maximum Gasteiger partial charge on any atom is 0.259 e. The summed E-state index contributed by atoms with van der Waals surface area (Å²) in [6, 6.07) is 11.5. The third-order valence-electron chi connectivity index (χ3n) is 8.85. The number of rotatable bonds is 14. The van der Waals surface area contributed by atoms with Crippen LogP contribution < -0.4 is 5.32 Å². The highest BCUT2D eigenvalue weighted by atomic mass is 31.2. The number of anilines is 1. The van der Waals surface area contributed by atoms with Crippen LogP contribution in [0.1, 0.15) is 78.4 Å². The molecule has 2 aromatic heterocycles. The van der Waals surface area contributed by atoms with E-state index >= 15 is 0 Å². The lowest BCUT2D eigenvalue weighted by atomic mass is 10.0. The molecule has 0 saturated carbocycles. The number of imidazole rings is 1.